The van der Waals surface area contributed by atoms with Crippen LogP contribution in [0, 0.1) is 11.3 Å². The number of carbonyl (C=O) groups is 1. The second-order valence-electron chi connectivity index (χ2n) is 4.54. The molecule has 106 valence electrons. The van der Waals surface area contributed by atoms with Gasteiger partial charge in [-0.05, 0) is 24.3 Å². The minimum absolute atomic E-state index is 0.114. The molecule has 0 radical (unpaired) electrons. The smallest absolute Gasteiger partial charge is 0.251 e. The summed E-state index contributed by atoms with van der Waals surface area (Å²) >= 11 is 0. The standard InChI is InChI=1S/C15H14N4O2/c1-18(13-4-2-3-11(7-13)8-16)15(21)10-19-9-12(17)5-6-14(19)20/h2-7,9H,10,17H2,1H3. The molecule has 1 heterocycles. The molecule has 6 heteroatoms. The second kappa shape index (κ2) is 5.92. The molecule has 0 aliphatic heterocycles. The van der Waals surface area contributed by atoms with Gasteiger partial charge in [-0.1, -0.05) is 6.07 Å². The predicted octanol–water partition coefficient (Wildman–Crippen LogP) is 0.965. The minimum Gasteiger partial charge on any atom is -0.398 e. The summed E-state index contributed by atoms with van der Waals surface area (Å²) < 4.78 is 1.25. The lowest BCUT2D eigenvalue weighted by atomic mass is 10.2. The van der Waals surface area contributed by atoms with E-state index in [2.05, 4.69) is 0 Å². The van der Waals surface area contributed by atoms with Gasteiger partial charge in [0.1, 0.15) is 6.54 Å². The van der Waals surface area contributed by atoms with Crippen LogP contribution >= 0.6 is 0 Å². The van der Waals surface area contributed by atoms with Crippen molar-refractivity contribution >= 4 is 17.3 Å². The molecule has 0 saturated heterocycles. The van der Waals surface area contributed by atoms with Gasteiger partial charge in [-0.25, -0.2) is 0 Å². The summed E-state index contributed by atoms with van der Waals surface area (Å²) in [6, 6.07) is 11.5. The van der Waals surface area contributed by atoms with Crippen LogP contribution in [0.2, 0.25) is 0 Å². The van der Waals surface area contributed by atoms with Crippen molar-refractivity contribution in [3.63, 3.8) is 0 Å². The van der Waals surface area contributed by atoms with Crippen LogP contribution in [-0.4, -0.2) is 17.5 Å². The Kier molecular flexibility index (Phi) is 4.05. The van der Waals surface area contributed by atoms with Crippen LogP contribution in [0.4, 0.5) is 11.4 Å². The summed E-state index contributed by atoms with van der Waals surface area (Å²) in [4.78, 5) is 25.3. The highest BCUT2D eigenvalue weighted by Crippen LogP contribution is 2.14. The van der Waals surface area contributed by atoms with Gasteiger partial charge in [0.2, 0.25) is 5.91 Å². The van der Waals surface area contributed by atoms with Gasteiger partial charge in [0.25, 0.3) is 5.56 Å². The third-order valence-electron chi connectivity index (χ3n) is 3.05. The van der Waals surface area contributed by atoms with Crippen LogP contribution in [0.1, 0.15) is 5.56 Å². The third kappa shape index (κ3) is 3.28. The number of nitriles is 1. The molecule has 0 saturated carbocycles. The molecule has 2 rings (SSSR count). The number of hydrogen-bond acceptors (Lipinski definition) is 4. The molecule has 1 aromatic carbocycles. The number of hydrogen-bond donors (Lipinski definition) is 1. The van der Waals surface area contributed by atoms with Gasteiger partial charge in [-0.15, -0.1) is 0 Å². The van der Waals surface area contributed by atoms with E-state index < -0.39 is 0 Å². The number of nitrogens with zero attached hydrogens (tertiary/aromatic N) is 3. The highest BCUT2D eigenvalue weighted by molar-refractivity contribution is 5.92. The monoisotopic (exact) mass is 282 g/mol. The topological polar surface area (TPSA) is 92.1 Å². The Labute approximate surface area is 121 Å². The zero-order chi connectivity index (χ0) is 15.4. The number of pyridine rings is 1. The van der Waals surface area contributed by atoms with E-state index in [1.807, 2.05) is 6.07 Å². The van der Waals surface area contributed by atoms with Gasteiger partial charge in [0, 0.05) is 30.7 Å². The Morgan fingerprint density at radius 2 is 2.14 bits per heavy atom. The molecule has 0 fully saturated rings. The van der Waals surface area contributed by atoms with Crippen LogP contribution in [0.3, 0.4) is 0 Å². The first-order chi connectivity index (χ1) is 10.0. The maximum Gasteiger partial charge on any atom is 0.251 e. The molecule has 0 atom stereocenters. The van der Waals surface area contributed by atoms with E-state index in [0.717, 1.165) is 0 Å². The summed E-state index contributed by atoms with van der Waals surface area (Å²) in [6.07, 6.45) is 1.43. The van der Waals surface area contributed by atoms with Gasteiger partial charge in [-0.3, -0.25) is 9.59 Å². The molecule has 2 aromatic rings. The molecular weight excluding hydrogens is 268 g/mol. The number of likely N-dealkylation sites (N-methyl/N-ethyl adjacent to an activating group) is 1. The molecule has 1 amide bonds. The Morgan fingerprint density at radius 1 is 1.38 bits per heavy atom. The Hall–Kier alpha value is -3.07. The first kappa shape index (κ1) is 14.3. The zero-order valence-electron chi connectivity index (χ0n) is 11.5. The van der Waals surface area contributed by atoms with Crippen LogP contribution in [0.5, 0.6) is 0 Å². The quantitative estimate of drug-likeness (QED) is 0.907. The molecule has 21 heavy (non-hydrogen) atoms. The SMILES string of the molecule is CN(C(=O)Cn1cc(N)ccc1=O)c1cccc(C#N)c1. The van der Waals surface area contributed by atoms with Crippen molar-refractivity contribution in [2.75, 3.05) is 17.7 Å². The Morgan fingerprint density at radius 3 is 2.86 bits per heavy atom. The van der Waals surface area contributed by atoms with Crippen molar-refractivity contribution in [2.45, 2.75) is 6.54 Å². The zero-order valence-corrected chi connectivity index (χ0v) is 11.5. The molecule has 0 unspecified atom stereocenters. The maximum absolute atomic E-state index is 12.2. The normalized spacial score (nSPS) is 9.90. The summed E-state index contributed by atoms with van der Waals surface area (Å²) in [5, 5.41) is 8.87. The van der Waals surface area contributed by atoms with E-state index in [9.17, 15) is 9.59 Å². The van der Waals surface area contributed by atoms with E-state index in [1.54, 1.807) is 31.3 Å². The van der Waals surface area contributed by atoms with E-state index in [1.165, 1.54) is 27.8 Å². The fourth-order valence-corrected chi connectivity index (χ4v) is 1.85. The Balaban J connectivity index is 2.21. The minimum atomic E-state index is -0.295. The van der Waals surface area contributed by atoms with Crippen molar-refractivity contribution in [1.29, 1.82) is 5.26 Å². The molecule has 0 bridgehead atoms. The fraction of sp³-hybridized carbons (Fsp3) is 0.133. The lowest BCUT2D eigenvalue weighted by Crippen LogP contribution is -2.33. The number of nitrogen functional groups attached to an aromatic ring is 1. The highest BCUT2D eigenvalue weighted by atomic mass is 16.2. The molecule has 1 aromatic heterocycles. The Bertz CT molecular complexity index is 774. The van der Waals surface area contributed by atoms with Crippen molar-refractivity contribution in [1.82, 2.24) is 4.57 Å². The molecule has 0 aliphatic rings. The van der Waals surface area contributed by atoms with Gasteiger partial charge in [0.15, 0.2) is 0 Å². The highest BCUT2D eigenvalue weighted by Gasteiger charge is 2.12. The second-order valence-corrected chi connectivity index (χ2v) is 4.54. The molecule has 0 spiro atoms. The molecule has 6 nitrogen and oxygen atoms in total. The van der Waals surface area contributed by atoms with Gasteiger partial charge in [0.05, 0.1) is 11.6 Å². The molecule has 2 N–H and O–H groups in total. The van der Waals surface area contributed by atoms with Crippen molar-refractivity contribution < 1.29 is 4.79 Å². The first-order valence-corrected chi connectivity index (χ1v) is 6.24. The largest absolute Gasteiger partial charge is 0.398 e. The molecular formula is C15H14N4O2. The lowest BCUT2D eigenvalue weighted by Gasteiger charge is -2.18. The number of anilines is 2. The fourth-order valence-electron chi connectivity index (χ4n) is 1.85. The number of carbonyl (C=O) groups excluding carboxylic acids is 1. The van der Waals surface area contributed by atoms with E-state index in [-0.39, 0.29) is 18.0 Å². The lowest BCUT2D eigenvalue weighted by molar-refractivity contribution is -0.118. The number of amides is 1. The summed E-state index contributed by atoms with van der Waals surface area (Å²) in [5.74, 6) is -0.280. The van der Waals surface area contributed by atoms with Gasteiger partial charge >= 0.3 is 0 Å². The summed E-state index contributed by atoms with van der Waals surface area (Å²) in [6.45, 7) is -0.114. The number of aromatic nitrogens is 1. The van der Waals surface area contributed by atoms with E-state index in [4.69, 9.17) is 11.0 Å². The van der Waals surface area contributed by atoms with Crippen LogP contribution in [-0.2, 0) is 11.3 Å². The van der Waals surface area contributed by atoms with Crippen molar-refractivity contribution in [3.05, 3.63) is 58.5 Å². The van der Waals surface area contributed by atoms with Crippen LogP contribution in [0.15, 0.2) is 47.4 Å². The third-order valence-corrected chi connectivity index (χ3v) is 3.05. The summed E-state index contributed by atoms with van der Waals surface area (Å²) in [7, 11) is 1.59. The van der Waals surface area contributed by atoms with Crippen LogP contribution < -0.4 is 16.2 Å². The maximum atomic E-state index is 12.2. The number of nitrogens with two attached hydrogens (primary N) is 1. The number of benzene rings is 1. The van der Waals surface area contributed by atoms with Crippen molar-refractivity contribution in [2.24, 2.45) is 0 Å². The first-order valence-electron chi connectivity index (χ1n) is 6.24. The predicted molar refractivity (Wildman–Crippen MR) is 79.7 cm³/mol. The average Bonchev–Trinajstić information content (AvgIpc) is 2.50. The van der Waals surface area contributed by atoms with Gasteiger partial charge in [-0.2, -0.15) is 5.26 Å². The number of rotatable bonds is 3. The van der Waals surface area contributed by atoms with Crippen LogP contribution in [0.25, 0.3) is 0 Å². The summed E-state index contributed by atoms with van der Waals surface area (Å²) in [5.41, 5.74) is 6.79. The average molecular weight is 282 g/mol. The van der Waals surface area contributed by atoms with E-state index >= 15 is 0 Å². The van der Waals surface area contributed by atoms with Crippen molar-refractivity contribution in [3.8, 4) is 6.07 Å². The molecule has 0 aliphatic carbocycles. The van der Waals surface area contributed by atoms with Gasteiger partial charge < -0.3 is 15.2 Å². The van der Waals surface area contributed by atoms with E-state index in [0.29, 0.717) is 16.9 Å².